The Kier molecular flexibility index (Phi) is 2.65. The zero-order valence-corrected chi connectivity index (χ0v) is 9.91. The van der Waals surface area contributed by atoms with Gasteiger partial charge in [0.25, 0.3) is 0 Å². The fraction of sp³-hybridized carbons (Fsp3) is 0.214. The lowest BCUT2D eigenvalue weighted by Gasteiger charge is -2.06. The van der Waals surface area contributed by atoms with Crippen LogP contribution in [0.4, 0.5) is 5.69 Å². The van der Waals surface area contributed by atoms with Crippen LogP contribution >= 0.6 is 0 Å². The summed E-state index contributed by atoms with van der Waals surface area (Å²) in [5, 5.41) is 1.14. The summed E-state index contributed by atoms with van der Waals surface area (Å²) >= 11 is 0. The number of aromatic nitrogens is 1. The van der Waals surface area contributed by atoms with Gasteiger partial charge in [0.15, 0.2) is 0 Å². The number of hydrogen-bond donors (Lipinski definition) is 1. The Labute approximate surface area is 95.8 Å². The van der Waals surface area contributed by atoms with Gasteiger partial charge in [-0.3, -0.25) is 4.98 Å². The molecule has 0 bridgehead atoms. The quantitative estimate of drug-likeness (QED) is 0.734. The summed E-state index contributed by atoms with van der Waals surface area (Å²) in [4.78, 5) is 4.47. The number of pyridine rings is 1. The first-order valence-electron chi connectivity index (χ1n) is 5.37. The highest BCUT2D eigenvalue weighted by Gasteiger charge is 2.04. The second-order valence-electron chi connectivity index (χ2n) is 4.37. The van der Waals surface area contributed by atoms with Crippen LogP contribution in [0.3, 0.4) is 0 Å². The highest BCUT2D eigenvalue weighted by molar-refractivity contribution is 5.92. The number of allylic oxidation sites excluding steroid dienone is 1. The predicted octanol–water partition coefficient (Wildman–Crippen LogP) is 3.55. The van der Waals surface area contributed by atoms with Crippen molar-refractivity contribution in [2.75, 3.05) is 5.73 Å². The molecule has 2 N–H and O–H groups in total. The molecule has 1 heterocycles. The van der Waals surface area contributed by atoms with Crippen LogP contribution in [0.5, 0.6) is 0 Å². The molecule has 2 nitrogen and oxygen atoms in total. The number of benzene rings is 1. The molecule has 0 radical (unpaired) electrons. The third-order valence-electron chi connectivity index (χ3n) is 2.50. The molecule has 2 heteroatoms. The van der Waals surface area contributed by atoms with Crippen LogP contribution in [0, 0.1) is 6.92 Å². The second kappa shape index (κ2) is 3.97. The Morgan fingerprint density at radius 2 is 2.06 bits per heavy atom. The summed E-state index contributed by atoms with van der Waals surface area (Å²) in [6, 6.07) is 6.09. The van der Waals surface area contributed by atoms with Crippen LogP contribution in [-0.4, -0.2) is 4.98 Å². The lowest BCUT2D eigenvalue weighted by atomic mass is 10.0. The molecule has 1 aromatic carbocycles. The number of rotatable bonds is 1. The fourth-order valence-electron chi connectivity index (χ4n) is 1.79. The molecule has 0 aliphatic carbocycles. The van der Waals surface area contributed by atoms with Crippen molar-refractivity contribution in [2.45, 2.75) is 20.8 Å². The first-order valence-corrected chi connectivity index (χ1v) is 5.37. The molecule has 82 valence electrons. The van der Waals surface area contributed by atoms with Gasteiger partial charge in [0, 0.05) is 22.8 Å². The minimum absolute atomic E-state index is 0.782. The molecule has 2 aromatic rings. The van der Waals surface area contributed by atoms with Gasteiger partial charge < -0.3 is 5.73 Å². The van der Waals surface area contributed by atoms with E-state index in [1.54, 1.807) is 0 Å². The normalized spacial score (nSPS) is 10.4. The summed E-state index contributed by atoms with van der Waals surface area (Å²) in [7, 11) is 0. The van der Waals surface area contributed by atoms with Gasteiger partial charge >= 0.3 is 0 Å². The first kappa shape index (κ1) is 10.7. The third-order valence-corrected chi connectivity index (χ3v) is 2.50. The van der Waals surface area contributed by atoms with Crippen LogP contribution in [0.25, 0.3) is 17.0 Å². The largest absolute Gasteiger partial charge is 0.398 e. The van der Waals surface area contributed by atoms with Crippen molar-refractivity contribution in [2.24, 2.45) is 0 Å². The summed E-state index contributed by atoms with van der Waals surface area (Å²) < 4.78 is 0. The van der Waals surface area contributed by atoms with E-state index in [0.717, 1.165) is 22.2 Å². The molecule has 0 saturated heterocycles. The minimum Gasteiger partial charge on any atom is -0.398 e. The molecule has 0 saturated carbocycles. The molecular weight excluding hydrogens is 196 g/mol. The van der Waals surface area contributed by atoms with E-state index in [0.29, 0.717) is 0 Å². The third kappa shape index (κ3) is 1.91. The van der Waals surface area contributed by atoms with Gasteiger partial charge in [0.2, 0.25) is 0 Å². The molecule has 0 unspecified atom stereocenters. The molecule has 16 heavy (non-hydrogen) atoms. The minimum atomic E-state index is 0.782. The monoisotopic (exact) mass is 212 g/mol. The Hall–Kier alpha value is -1.83. The molecular formula is C14H16N2. The van der Waals surface area contributed by atoms with Gasteiger partial charge in [0.05, 0.1) is 5.52 Å². The molecule has 0 fully saturated rings. The van der Waals surface area contributed by atoms with E-state index in [1.165, 1.54) is 11.1 Å². The maximum Gasteiger partial charge on any atom is 0.0795 e. The number of aryl methyl sites for hydroxylation is 1. The van der Waals surface area contributed by atoms with Crippen LogP contribution in [-0.2, 0) is 0 Å². The highest BCUT2D eigenvalue weighted by Crippen LogP contribution is 2.25. The average Bonchev–Trinajstić information content (AvgIpc) is 2.22. The molecule has 1 aromatic heterocycles. The lowest BCUT2D eigenvalue weighted by molar-refractivity contribution is 1.33. The highest BCUT2D eigenvalue weighted by atomic mass is 14.7. The van der Waals surface area contributed by atoms with E-state index < -0.39 is 0 Å². The Balaban J connectivity index is 2.80. The molecule has 0 aliphatic heterocycles. The van der Waals surface area contributed by atoms with Gasteiger partial charge in [-0.05, 0) is 38.5 Å². The van der Waals surface area contributed by atoms with E-state index in [-0.39, 0.29) is 0 Å². The van der Waals surface area contributed by atoms with Gasteiger partial charge in [-0.15, -0.1) is 0 Å². The number of fused-ring (bicyclic) bond motifs is 1. The summed E-state index contributed by atoms with van der Waals surface area (Å²) in [6.07, 6.45) is 3.96. The molecule has 0 atom stereocenters. The van der Waals surface area contributed by atoms with E-state index in [9.17, 15) is 0 Å². The summed E-state index contributed by atoms with van der Waals surface area (Å²) in [5.74, 6) is 0. The van der Waals surface area contributed by atoms with E-state index in [4.69, 9.17) is 5.73 Å². The van der Waals surface area contributed by atoms with Crippen molar-refractivity contribution in [1.29, 1.82) is 0 Å². The van der Waals surface area contributed by atoms with Crippen molar-refractivity contribution in [3.05, 3.63) is 41.1 Å². The number of nitrogen functional groups attached to an aromatic ring is 1. The maximum atomic E-state index is 5.99. The molecule has 0 spiro atoms. The van der Waals surface area contributed by atoms with Crippen molar-refractivity contribution in [1.82, 2.24) is 4.98 Å². The number of anilines is 1. The topological polar surface area (TPSA) is 38.9 Å². The standard InChI is InChI=1S/C14H16N2/c1-9(2)6-12-13(15)5-4-11-7-10(3)8-16-14(11)12/h4-8H,15H2,1-3H3. The van der Waals surface area contributed by atoms with Crippen LogP contribution in [0.2, 0.25) is 0 Å². The van der Waals surface area contributed by atoms with Crippen molar-refractivity contribution >= 4 is 22.7 Å². The SMILES string of the molecule is CC(C)=Cc1c(N)ccc2cc(C)cnc12. The smallest absolute Gasteiger partial charge is 0.0795 e. The zero-order chi connectivity index (χ0) is 11.7. The van der Waals surface area contributed by atoms with Crippen LogP contribution in [0.1, 0.15) is 25.0 Å². The van der Waals surface area contributed by atoms with Gasteiger partial charge in [0.1, 0.15) is 0 Å². The Bertz CT molecular complexity index is 564. The maximum absolute atomic E-state index is 5.99. The number of hydrogen-bond acceptors (Lipinski definition) is 2. The predicted molar refractivity (Wildman–Crippen MR) is 70.2 cm³/mol. The molecule has 2 rings (SSSR count). The molecule has 0 aliphatic rings. The fourth-order valence-corrected chi connectivity index (χ4v) is 1.79. The van der Waals surface area contributed by atoms with Crippen LogP contribution in [0.15, 0.2) is 30.0 Å². The van der Waals surface area contributed by atoms with Gasteiger partial charge in [-0.1, -0.05) is 17.7 Å². The Morgan fingerprint density at radius 3 is 2.75 bits per heavy atom. The van der Waals surface area contributed by atoms with Crippen molar-refractivity contribution < 1.29 is 0 Å². The van der Waals surface area contributed by atoms with Crippen molar-refractivity contribution in [3.63, 3.8) is 0 Å². The van der Waals surface area contributed by atoms with Crippen molar-refractivity contribution in [3.8, 4) is 0 Å². The number of nitrogens with two attached hydrogens (primary N) is 1. The van der Waals surface area contributed by atoms with Gasteiger partial charge in [-0.25, -0.2) is 0 Å². The molecule has 0 amide bonds. The second-order valence-corrected chi connectivity index (χ2v) is 4.37. The average molecular weight is 212 g/mol. The van der Waals surface area contributed by atoms with E-state index in [2.05, 4.69) is 31.0 Å². The first-order chi connectivity index (χ1) is 7.58. The summed E-state index contributed by atoms with van der Waals surface area (Å²) in [6.45, 7) is 6.17. The summed E-state index contributed by atoms with van der Waals surface area (Å²) in [5.41, 5.74) is 11.2. The van der Waals surface area contributed by atoms with Crippen LogP contribution < -0.4 is 5.73 Å². The Morgan fingerprint density at radius 1 is 1.31 bits per heavy atom. The van der Waals surface area contributed by atoms with E-state index >= 15 is 0 Å². The van der Waals surface area contributed by atoms with E-state index in [1.807, 2.05) is 25.3 Å². The van der Waals surface area contributed by atoms with Gasteiger partial charge in [-0.2, -0.15) is 0 Å². The zero-order valence-electron chi connectivity index (χ0n) is 9.91. The lowest BCUT2D eigenvalue weighted by Crippen LogP contribution is -1.93. The number of nitrogens with zero attached hydrogens (tertiary/aromatic N) is 1.